The van der Waals surface area contributed by atoms with Gasteiger partial charge in [-0.05, 0) is 17.7 Å². The number of hydrogen-bond donors (Lipinski definition) is 1. The zero-order valence-electron chi connectivity index (χ0n) is 9.01. The van der Waals surface area contributed by atoms with Crippen molar-refractivity contribution in [2.45, 2.75) is 16.4 Å². The van der Waals surface area contributed by atoms with Crippen LogP contribution in [-0.2, 0) is 11.0 Å². The van der Waals surface area contributed by atoms with E-state index >= 15 is 0 Å². The highest BCUT2D eigenvalue weighted by Gasteiger charge is 2.68. The predicted molar refractivity (Wildman–Crippen MR) is 59.7 cm³/mol. The molecular weight excluding hydrogens is 311 g/mol. The summed E-state index contributed by atoms with van der Waals surface area (Å²) in [6.07, 6.45) is -4.87. The third kappa shape index (κ3) is 2.39. The van der Waals surface area contributed by atoms with E-state index < -0.39 is 39.7 Å². The van der Waals surface area contributed by atoms with Gasteiger partial charge in [0.25, 0.3) is 0 Å². The lowest BCUT2D eigenvalue weighted by Crippen LogP contribution is -2.09. The van der Waals surface area contributed by atoms with Crippen molar-refractivity contribution in [1.29, 1.82) is 0 Å². The van der Waals surface area contributed by atoms with Gasteiger partial charge in [-0.25, -0.2) is 4.39 Å². The van der Waals surface area contributed by atoms with Gasteiger partial charge < -0.3 is 5.11 Å². The molecule has 104 valence electrons. The van der Waals surface area contributed by atoms with Gasteiger partial charge in [-0.2, -0.15) is 13.2 Å². The Labute approximate surface area is 114 Å². The zero-order valence-corrected chi connectivity index (χ0v) is 10.5. The molecule has 1 aromatic rings. The maximum Gasteiger partial charge on any atom is 0.419 e. The molecule has 2 nitrogen and oxygen atoms in total. The molecule has 1 fully saturated rings. The van der Waals surface area contributed by atoms with Crippen molar-refractivity contribution in [2.24, 2.45) is 5.92 Å². The van der Waals surface area contributed by atoms with Gasteiger partial charge in [-0.3, -0.25) is 4.79 Å². The van der Waals surface area contributed by atoms with Crippen LogP contribution in [0.3, 0.4) is 0 Å². The quantitative estimate of drug-likeness (QED) is 0.665. The van der Waals surface area contributed by atoms with Crippen molar-refractivity contribution in [1.82, 2.24) is 0 Å². The van der Waals surface area contributed by atoms with Crippen LogP contribution in [0.25, 0.3) is 0 Å². The Balaban J connectivity index is 2.42. The number of halogens is 6. The molecule has 0 saturated heterocycles. The Morgan fingerprint density at radius 3 is 2.32 bits per heavy atom. The second-order valence-corrected chi connectivity index (χ2v) is 5.65. The van der Waals surface area contributed by atoms with Crippen LogP contribution in [-0.4, -0.2) is 15.4 Å². The molecule has 0 spiro atoms. The molecule has 0 aliphatic heterocycles. The fourth-order valence-electron chi connectivity index (χ4n) is 2.00. The Morgan fingerprint density at radius 2 is 1.89 bits per heavy atom. The third-order valence-electron chi connectivity index (χ3n) is 2.97. The Bertz CT molecular complexity index is 542. The van der Waals surface area contributed by atoms with Gasteiger partial charge >= 0.3 is 12.1 Å². The molecule has 0 heterocycles. The van der Waals surface area contributed by atoms with Gasteiger partial charge in [0.05, 0.1) is 11.5 Å². The number of carbonyl (C=O) groups is 1. The topological polar surface area (TPSA) is 37.3 Å². The molecule has 2 atom stereocenters. The largest absolute Gasteiger partial charge is 0.481 e. The van der Waals surface area contributed by atoms with E-state index in [1.807, 2.05) is 0 Å². The lowest BCUT2D eigenvalue weighted by atomic mass is 10.0. The summed E-state index contributed by atoms with van der Waals surface area (Å²) < 4.78 is 49.0. The summed E-state index contributed by atoms with van der Waals surface area (Å²) in [7, 11) is 0. The fourth-order valence-corrected chi connectivity index (χ4v) is 2.82. The van der Waals surface area contributed by atoms with E-state index in [1.54, 1.807) is 0 Å². The first kappa shape index (κ1) is 14.4. The van der Waals surface area contributed by atoms with Crippen molar-refractivity contribution in [3.63, 3.8) is 0 Å². The third-order valence-corrected chi connectivity index (χ3v) is 3.91. The van der Waals surface area contributed by atoms with Crippen LogP contribution in [0.1, 0.15) is 17.0 Å². The molecule has 0 radical (unpaired) electrons. The van der Waals surface area contributed by atoms with Crippen LogP contribution in [0.2, 0.25) is 0 Å². The second kappa shape index (κ2) is 4.24. The number of carboxylic acid groups (broad SMARTS) is 1. The standard InChI is InChI=1S/C11H6Cl2F4O2/c12-10(13)7(8(10)9(18)19)4-1-2-6(14)5(3-4)11(15,16)17/h1-3,7-8H,(H,18,19)/t7-,8+/m1/s1. The average Bonchev–Trinajstić information content (AvgIpc) is 2.80. The minimum absolute atomic E-state index is 0.0499. The molecule has 8 heteroatoms. The molecule has 1 aliphatic carbocycles. The van der Waals surface area contributed by atoms with Crippen LogP contribution in [0, 0.1) is 11.7 Å². The molecule has 0 amide bonds. The Kier molecular flexibility index (Phi) is 3.22. The SMILES string of the molecule is O=C(O)[C@@H]1[C@@H](c2ccc(F)c(C(F)(F)F)c2)C1(Cl)Cl. The molecule has 0 unspecified atom stereocenters. The van der Waals surface area contributed by atoms with Crippen LogP contribution < -0.4 is 0 Å². The normalized spacial score (nSPS) is 25.2. The molecule has 0 bridgehead atoms. The van der Waals surface area contributed by atoms with Gasteiger partial charge in [-0.1, -0.05) is 29.3 Å². The minimum atomic E-state index is -4.87. The summed E-state index contributed by atoms with van der Waals surface area (Å²) in [5.41, 5.74) is -1.52. The first-order chi connectivity index (χ1) is 8.56. The number of alkyl halides is 5. The Morgan fingerprint density at radius 1 is 1.32 bits per heavy atom. The van der Waals surface area contributed by atoms with Crippen molar-refractivity contribution >= 4 is 29.2 Å². The van der Waals surface area contributed by atoms with E-state index in [4.69, 9.17) is 28.3 Å². The summed E-state index contributed by atoms with van der Waals surface area (Å²) in [5.74, 6) is -4.94. The van der Waals surface area contributed by atoms with Gasteiger partial charge in [-0.15, -0.1) is 0 Å². The van der Waals surface area contributed by atoms with E-state index in [-0.39, 0.29) is 5.56 Å². The smallest absolute Gasteiger partial charge is 0.419 e. The number of rotatable bonds is 2. The molecule has 1 aromatic carbocycles. The van der Waals surface area contributed by atoms with Crippen molar-refractivity contribution < 1.29 is 27.5 Å². The van der Waals surface area contributed by atoms with Gasteiger partial charge in [0.2, 0.25) is 0 Å². The molecule has 19 heavy (non-hydrogen) atoms. The number of hydrogen-bond acceptors (Lipinski definition) is 1. The predicted octanol–water partition coefficient (Wildman–Crippen LogP) is 3.82. The molecule has 1 aliphatic rings. The molecule has 2 rings (SSSR count). The van der Waals surface area contributed by atoms with E-state index in [0.29, 0.717) is 12.1 Å². The molecule has 1 saturated carbocycles. The van der Waals surface area contributed by atoms with E-state index in [9.17, 15) is 22.4 Å². The zero-order chi connectivity index (χ0) is 14.6. The average molecular weight is 317 g/mol. The number of carboxylic acids is 1. The van der Waals surface area contributed by atoms with E-state index in [2.05, 4.69) is 0 Å². The first-order valence-electron chi connectivity index (χ1n) is 5.04. The van der Waals surface area contributed by atoms with Crippen LogP contribution in [0.5, 0.6) is 0 Å². The van der Waals surface area contributed by atoms with Gasteiger partial charge in [0, 0.05) is 5.92 Å². The monoisotopic (exact) mass is 316 g/mol. The van der Waals surface area contributed by atoms with Gasteiger partial charge in [0.1, 0.15) is 10.2 Å². The van der Waals surface area contributed by atoms with E-state index in [0.717, 1.165) is 6.07 Å². The van der Waals surface area contributed by atoms with Crippen LogP contribution >= 0.6 is 23.2 Å². The van der Waals surface area contributed by atoms with Crippen molar-refractivity contribution in [3.8, 4) is 0 Å². The lowest BCUT2D eigenvalue weighted by Gasteiger charge is -2.10. The maximum absolute atomic E-state index is 13.1. The second-order valence-electron chi connectivity index (χ2n) is 4.21. The van der Waals surface area contributed by atoms with Gasteiger partial charge in [0.15, 0.2) is 0 Å². The molecular formula is C11H6Cl2F4O2. The minimum Gasteiger partial charge on any atom is -0.481 e. The van der Waals surface area contributed by atoms with Crippen molar-refractivity contribution in [3.05, 3.63) is 35.1 Å². The van der Waals surface area contributed by atoms with Crippen LogP contribution in [0.15, 0.2) is 18.2 Å². The summed E-state index contributed by atoms with van der Waals surface area (Å²) in [4.78, 5) is 10.8. The summed E-state index contributed by atoms with van der Waals surface area (Å²) >= 11 is 11.4. The highest BCUT2D eigenvalue weighted by molar-refractivity contribution is 6.53. The first-order valence-corrected chi connectivity index (χ1v) is 5.79. The number of benzene rings is 1. The molecule has 0 aromatic heterocycles. The summed E-state index contributed by atoms with van der Waals surface area (Å²) in [6.45, 7) is 0. The van der Waals surface area contributed by atoms with Crippen molar-refractivity contribution in [2.75, 3.05) is 0 Å². The fraction of sp³-hybridized carbons (Fsp3) is 0.364. The van der Waals surface area contributed by atoms with Crippen LogP contribution in [0.4, 0.5) is 17.6 Å². The number of aliphatic carboxylic acids is 1. The Hall–Kier alpha value is -1.01. The highest BCUT2D eigenvalue weighted by Crippen LogP contribution is 2.65. The van der Waals surface area contributed by atoms with E-state index in [1.165, 1.54) is 0 Å². The maximum atomic E-state index is 13.1. The summed E-state index contributed by atoms with van der Waals surface area (Å²) in [5, 5.41) is 8.84. The lowest BCUT2D eigenvalue weighted by molar-refractivity contribution is -0.140. The molecule has 1 N–H and O–H groups in total. The highest BCUT2D eigenvalue weighted by atomic mass is 35.5. The summed E-state index contributed by atoms with van der Waals surface area (Å²) in [6, 6.07) is 2.22.